The molecular weight excluding hydrogens is 288 g/mol. The summed E-state index contributed by atoms with van der Waals surface area (Å²) < 4.78 is 26.7. The monoisotopic (exact) mass is 304 g/mol. The molecule has 0 spiro atoms. The molecule has 6 heteroatoms. The molecule has 0 aromatic heterocycles. The van der Waals surface area contributed by atoms with Crippen molar-refractivity contribution in [3.05, 3.63) is 65.7 Å². The maximum absolute atomic E-state index is 12.1. The molecule has 110 valence electrons. The highest BCUT2D eigenvalue weighted by Gasteiger charge is 2.12. The van der Waals surface area contributed by atoms with Gasteiger partial charge in [-0.3, -0.25) is 9.52 Å². The summed E-state index contributed by atoms with van der Waals surface area (Å²) in [6.45, 7) is 0. The van der Waals surface area contributed by atoms with Crippen molar-refractivity contribution >= 4 is 21.6 Å². The topological polar surface area (TPSA) is 89.3 Å². The smallest absolute Gasteiger partial charge is 0.236 e. The third-order valence-electron chi connectivity index (χ3n) is 2.78. The summed E-state index contributed by atoms with van der Waals surface area (Å²) >= 11 is 0. The van der Waals surface area contributed by atoms with Gasteiger partial charge in [0.1, 0.15) is 0 Å². The predicted octanol–water partition coefficient (Wildman–Crippen LogP) is 1.66. The van der Waals surface area contributed by atoms with E-state index >= 15 is 0 Å². The van der Waals surface area contributed by atoms with E-state index < -0.39 is 15.9 Å². The second-order valence-electron chi connectivity index (χ2n) is 4.69. The van der Waals surface area contributed by atoms with Crippen LogP contribution in [0.1, 0.15) is 11.1 Å². The highest BCUT2D eigenvalue weighted by atomic mass is 32.2. The van der Waals surface area contributed by atoms with E-state index in [1.165, 1.54) is 0 Å². The summed E-state index contributed by atoms with van der Waals surface area (Å²) in [5, 5.41) is 0. The number of carbonyl (C=O) groups excluding carboxylic acids is 1. The van der Waals surface area contributed by atoms with Crippen LogP contribution < -0.4 is 10.5 Å². The lowest BCUT2D eigenvalue weighted by atomic mass is 10.1. The molecule has 0 aliphatic carbocycles. The normalized spacial score (nSPS) is 11.0. The second kappa shape index (κ2) is 6.41. The molecule has 0 heterocycles. The molecule has 0 bridgehead atoms. The first-order valence-electron chi connectivity index (χ1n) is 6.36. The Hall–Kier alpha value is -2.34. The maximum atomic E-state index is 12.1. The Morgan fingerprint density at radius 2 is 1.67 bits per heavy atom. The van der Waals surface area contributed by atoms with Crippen molar-refractivity contribution < 1.29 is 13.2 Å². The summed E-state index contributed by atoms with van der Waals surface area (Å²) in [5.41, 5.74) is 6.92. The molecule has 0 aliphatic rings. The first kappa shape index (κ1) is 15.1. The maximum Gasteiger partial charge on any atom is 0.236 e. The van der Waals surface area contributed by atoms with Crippen molar-refractivity contribution in [3.8, 4) is 0 Å². The number of rotatable bonds is 6. The van der Waals surface area contributed by atoms with E-state index in [2.05, 4.69) is 4.72 Å². The van der Waals surface area contributed by atoms with Gasteiger partial charge >= 0.3 is 0 Å². The Morgan fingerprint density at radius 1 is 1.00 bits per heavy atom. The fourth-order valence-electron chi connectivity index (χ4n) is 1.96. The third-order valence-corrected chi connectivity index (χ3v) is 4.04. The Balaban J connectivity index is 2.11. The van der Waals surface area contributed by atoms with Crippen LogP contribution >= 0.6 is 0 Å². The van der Waals surface area contributed by atoms with Crippen LogP contribution in [0.15, 0.2) is 54.6 Å². The van der Waals surface area contributed by atoms with Crippen molar-refractivity contribution in [1.82, 2.24) is 0 Å². The van der Waals surface area contributed by atoms with Crippen molar-refractivity contribution in [3.63, 3.8) is 0 Å². The molecule has 2 aromatic carbocycles. The van der Waals surface area contributed by atoms with Gasteiger partial charge in [0.2, 0.25) is 15.9 Å². The van der Waals surface area contributed by atoms with E-state index in [1.807, 2.05) is 6.07 Å². The van der Waals surface area contributed by atoms with E-state index in [4.69, 9.17) is 5.73 Å². The van der Waals surface area contributed by atoms with Gasteiger partial charge in [0.05, 0.1) is 12.2 Å². The van der Waals surface area contributed by atoms with Crippen molar-refractivity contribution in [2.45, 2.75) is 12.2 Å². The van der Waals surface area contributed by atoms with Crippen LogP contribution in [-0.2, 0) is 27.0 Å². The van der Waals surface area contributed by atoms with E-state index in [0.717, 1.165) is 0 Å². The minimum Gasteiger partial charge on any atom is -0.369 e. The molecule has 0 atom stereocenters. The Bertz CT molecular complexity index is 728. The van der Waals surface area contributed by atoms with Crippen molar-refractivity contribution in [1.29, 1.82) is 0 Å². The van der Waals surface area contributed by atoms with Crippen LogP contribution in [0, 0.1) is 0 Å². The molecule has 2 rings (SSSR count). The molecule has 21 heavy (non-hydrogen) atoms. The van der Waals surface area contributed by atoms with Crippen LogP contribution in [-0.4, -0.2) is 14.3 Å². The lowest BCUT2D eigenvalue weighted by Gasteiger charge is -2.09. The van der Waals surface area contributed by atoms with Gasteiger partial charge in [-0.05, 0) is 23.3 Å². The molecule has 1 amide bonds. The van der Waals surface area contributed by atoms with Gasteiger partial charge in [0.25, 0.3) is 0 Å². The number of hydrogen-bond donors (Lipinski definition) is 2. The van der Waals surface area contributed by atoms with Gasteiger partial charge in [0, 0.05) is 5.69 Å². The molecule has 0 radical (unpaired) electrons. The van der Waals surface area contributed by atoms with Gasteiger partial charge in [-0.2, -0.15) is 0 Å². The highest BCUT2D eigenvalue weighted by molar-refractivity contribution is 7.91. The molecule has 2 aromatic rings. The van der Waals surface area contributed by atoms with E-state index in [-0.39, 0.29) is 12.2 Å². The predicted molar refractivity (Wildman–Crippen MR) is 82.0 cm³/mol. The number of carbonyl (C=O) groups is 1. The largest absolute Gasteiger partial charge is 0.369 e. The first-order valence-corrected chi connectivity index (χ1v) is 8.01. The van der Waals surface area contributed by atoms with Crippen LogP contribution in [0.5, 0.6) is 0 Å². The van der Waals surface area contributed by atoms with E-state index in [9.17, 15) is 13.2 Å². The van der Waals surface area contributed by atoms with E-state index in [1.54, 1.807) is 48.5 Å². The SMILES string of the molecule is NC(=O)Cc1cccc(NS(=O)(=O)Cc2ccccc2)c1. The summed E-state index contributed by atoms with van der Waals surface area (Å²) in [5.74, 6) is -0.562. The van der Waals surface area contributed by atoms with Crippen LogP contribution in [0.2, 0.25) is 0 Å². The van der Waals surface area contributed by atoms with Gasteiger partial charge in [-0.15, -0.1) is 0 Å². The molecule has 0 unspecified atom stereocenters. The molecule has 0 saturated heterocycles. The average molecular weight is 304 g/mol. The standard InChI is InChI=1S/C15H16N2O3S/c16-15(18)10-13-7-4-8-14(9-13)17-21(19,20)11-12-5-2-1-3-6-12/h1-9,17H,10-11H2,(H2,16,18). The Morgan fingerprint density at radius 3 is 2.33 bits per heavy atom. The summed E-state index contributed by atoms with van der Waals surface area (Å²) in [7, 11) is -3.50. The minimum absolute atomic E-state index is 0.0776. The molecule has 0 aliphatic heterocycles. The number of nitrogens with two attached hydrogens (primary N) is 1. The van der Waals surface area contributed by atoms with Crippen molar-refractivity contribution in [2.24, 2.45) is 5.73 Å². The highest BCUT2D eigenvalue weighted by Crippen LogP contribution is 2.15. The van der Waals surface area contributed by atoms with Crippen molar-refractivity contribution in [2.75, 3.05) is 4.72 Å². The minimum atomic E-state index is -3.50. The molecule has 5 nitrogen and oxygen atoms in total. The van der Waals surface area contributed by atoms with Crippen LogP contribution in [0.4, 0.5) is 5.69 Å². The number of sulfonamides is 1. The number of benzene rings is 2. The Labute approximate surface area is 123 Å². The first-order chi connectivity index (χ1) is 9.94. The van der Waals surface area contributed by atoms with Gasteiger partial charge in [-0.25, -0.2) is 8.42 Å². The molecule has 0 fully saturated rings. The lowest BCUT2D eigenvalue weighted by Crippen LogP contribution is -2.16. The van der Waals surface area contributed by atoms with Crippen LogP contribution in [0.3, 0.4) is 0 Å². The molecule has 3 N–H and O–H groups in total. The van der Waals surface area contributed by atoms with Gasteiger partial charge in [-0.1, -0.05) is 42.5 Å². The van der Waals surface area contributed by atoms with Crippen LogP contribution in [0.25, 0.3) is 0 Å². The number of anilines is 1. The average Bonchev–Trinajstić information content (AvgIpc) is 2.38. The molecule has 0 saturated carbocycles. The molecular formula is C15H16N2O3S. The fraction of sp³-hybridized carbons (Fsp3) is 0.133. The quantitative estimate of drug-likeness (QED) is 0.850. The summed E-state index contributed by atoms with van der Waals surface area (Å²) in [4.78, 5) is 10.9. The fourth-order valence-corrected chi connectivity index (χ4v) is 3.14. The number of amides is 1. The van der Waals surface area contributed by atoms with Gasteiger partial charge < -0.3 is 5.73 Å². The summed E-state index contributed by atoms with van der Waals surface area (Å²) in [6, 6.07) is 15.6. The lowest BCUT2D eigenvalue weighted by molar-refractivity contribution is -0.117. The Kier molecular flexibility index (Phi) is 4.59. The third kappa shape index (κ3) is 4.92. The zero-order valence-corrected chi connectivity index (χ0v) is 12.1. The summed E-state index contributed by atoms with van der Waals surface area (Å²) in [6.07, 6.45) is 0.0776. The second-order valence-corrected chi connectivity index (χ2v) is 6.41. The van der Waals surface area contributed by atoms with E-state index in [0.29, 0.717) is 16.8 Å². The van der Waals surface area contributed by atoms with Gasteiger partial charge in [0.15, 0.2) is 0 Å². The number of primary amides is 1. The zero-order valence-electron chi connectivity index (χ0n) is 11.3. The zero-order chi connectivity index (χ0) is 15.3. The number of nitrogens with one attached hydrogen (secondary N) is 1. The number of hydrogen-bond acceptors (Lipinski definition) is 3.